The molecule has 0 saturated heterocycles. The molecule has 3 N–H and O–H groups in total. The highest BCUT2D eigenvalue weighted by Gasteiger charge is 2.11. The summed E-state index contributed by atoms with van der Waals surface area (Å²) in [6.07, 6.45) is 0. The number of hydrogen-bond acceptors (Lipinski definition) is 3. The van der Waals surface area contributed by atoms with Gasteiger partial charge in [0.25, 0.3) is 0 Å². The highest BCUT2D eigenvalue weighted by molar-refractivity contribution is 6.31. The number of hydrogen-bond donors (Lipinski definition) is 2. The average molecular weight is 256 g/mol. The van der Waals surface area contributed by atoms with Gasteiger partial charge >= 0.3 is 0 Å². The fourth-order valence-corrected chi connectivity index (χ4v) is 1.79. The van der Waals surface area contributed by atoms with Crippen LogP contribution in [0.3, 0.4) is 0 Å². The molecule has 0 aliphatic rings. The summed E-state index contributed by atoms with van der Waals surface area (Å²) in [5.74, 6) is -0.0694. The number of nitrogen functional groups attached to an aromatic ring is 1. The van der Waals surface area contributed by atoms with E-state index in [9.17, 15) is 4.39 Å². The largest absolute Gasteiger partial charge is 0.382 e. The van der Waals surface area contributed by atoms with Crippen molar-refractivity contribution in [3.63, 3.8) is 0 Å². The van der Waals surface area contributed by atoms with E-state index in [2.05, 4.69) is 10.2 Å². The van der Waals surface area contributed by atoms with Crippen LogP contribution in [0.25, 0.3) is 11.3 Å². The van der Waals surface area contributed by atoms with Gasteiger partial charge in [-0.05, 0) is 12.1 Å². The molecule has 0 bridgehead atoms. The van der Waals surface area contributed by atoms with Crippen molar-refractivity contribution in [3.05, 3.63) is 34.6 Å². The Balaban J connectivity index is 2.45. The van der Waals surface area contributed by atoms with Crippen molar-refractivity contribution in [2.24, 2.45) is 0 Å². The van der Waals surface area contributed by atoms with Crippen molar-refractivity contribution in [2.75, 3.05) is 12.8 Å². The first kappa shape index (κ1) is 11.9. The van der Waals surface area contributed by atoms with Crippen molar-refractivity contribution in [2.45, 2.75) is 6.61 Å². The average Bonchev–Trinajstić information content (AvgIpc) is 2.70. The Bertz CT molecular complexity index is 518. The number of nitrogens with zero attached hydrogens (tertiary/aromatic N) is 1. The van der Waals surface area contributed by atoms with Gasteiger partial charge in [0, 0.05) is 29.3 Å². The van der Waals surface area contributed by atoms with Gasteiger partial charge in [0.1, 0.15) is 11.6 Å². The van der Waals surface area contributed by atoms with E-state index in [4.69, 9.17) is 22.1 Å². The number of benzene rings is 1. The minimum absolute atomic E-state index is 0.135. The third-order valence-electron chi connectivity index (χ3n) is 2.34. The van der Waals surface area contributed by atoms with Gasteiger partial charge in [0.05, 0.1) is 12.3 Å². The normalized spacial score (nSPS) is 10.8. The molecule has 1 aromatic carbocycles. The zero-order chi connectivity index (χ0) is 12.4. The molecule has 0 fully saturated rings. The lowest BCUT2D eigenvalue weighted by atomic mass is 10.1. The van der Waals surface area contributed by atoms with Crippen LogP contribution in [0, 0.1) is 5.82 Å². The number of aromatic nitrogens is 2. The van der Waals surface area contributed by atoms with Crippen LogP contribution < -0.4 is 5.73 Å². The molecule has 0 aliphatic heterocycles. The minimum atomic E-state index is -0.414. The van der Waals surface area contributed by atoms with Crippen molar-refractivity contribution in [1.29, 1.82) is 0 Å². The van der Waals surface area contributed by atoms with Gasteiger partial charge in [-0.2, -0.15) is 5.10 Å². The topological polar surface area (TPSA) is 63.9 Å². The fourth-order valence-electron chi connectivity index (χ4n) is 1.53. The number of nitrogens with one attached hydrogen (secondary N) is 1. The zero-order valence-corrected chi connectivity index (χ0v) is 9.88. The number of methoxy groups -OCH3 is 1. The molecule has 0 radical (unpaired) electrons. The summed E-state index contributed by atoms with van der Waals surface area (Å²) in [4.78, 5) is 0. The van der Waals surface area contributed by atoms with Gasteiger partial charge in [-0.25, -0.2) is 4.39 Å². The van der Waals surface area contributed by atoms with Gasteiger partial charge in [-0.1, -0.05) is 11.6 Å². The molecule has 6 heteroatoms. The minimum Gasteiger partial charge on any atom is -0.382 e. The van der Waals surface area contributed by atoms with Gasteiger partial charge in [-0.15, -0.1) is 0 Å². The van der Waals surface area contributed by atoms with E-state index >= 15 is 0 Å². The number of aromatic amines is 1. The number of nitrogens with two attached hydrogens (primary N) is 1. The first-order valence-corrected chi connectivity index (χ1v) is 5.27. The summed E-state index contributed by atoms with van der Waals surface area (Å²) < 4.78 is 18.6. The number of halogens is 2. The molecule has 1 heterocycles. The molecule has 0 aliphatic carbocycles. The maximum Gasteiger partial charge on any atom is 0.145 e. The number of anilines is 1. The third-order valence-corrected chi connectivity index (χ3v) is 2.68. The second-order valence-electron chi connectivity index (χ2n) is 3.56. The lowest BCUT2D eigenvalue weighted by Crippen LogP contribution is -1.95. The molecular formula is C11H11ClFN3O. The zero-order valence-electron chi connectivity index (χ0n) is 9.13. The van der Waals surface area contributed by atoms with Crippen LogP contribution in [0.2, 0.25) is 5.02 Å². The third kappa shape index (κ3) is 2.40. The lowest BCUT2D eigenvalue weighted by molar-refractivity contribution is 0.181. The fraction of sp³-hybridized carbons (Fsp3) is 0.182. The standard InChI is InChI=1S/C11H11ClFN3O/c1-17-5-7-8(12)2-6(3-9(7)13)10-4-11(14)16-15-10/h2-4H,5H2,1H3,(H3,14,15,16). The van der Waals surface area contributed by atoms with E-state index in [1.807, 2.05) is 0 Å². The van der Waals surface area contributed by atoms with Gasteiger partial charge in [0.15, 0.2) is 0 Å². The molecule has 0 unspecified atom stereocenters. The van der Waals surface area contributed by atoms with Gasteiger partial charge in [-0.3, -0.25) is 5.10 Å². The van der Waals surface area contributed by atoms with Crippen LogP contribution in [0.5, 0.6) is 0 Å². The van der Waals surface area contributed by atoms with Crippen molar-refractivity contribution in [3.8, 4) is 11.3 Å². The molecule has 1 aromatic heterocycles. The smallest absolute Gasteiger partial charge is 0.145 e. The van der Waals surface area contributed by atoms with E-state index in [1.54, 1.807) is 12.1 Å². The maximum absolute atomic E-state index is 13.8. The Kier molecular flexibility index (Phi) is 3.31. The van der Waals surface area contributed by atoms with Crippen LogP contribution in [0.15, 0.2) is 18.2 Å². The van der Waals surface area contributed by atoms with E-state index in [-0.39, 0.29) is 6.61 Å². The van der Waals surface area contributed by atoms with Crippen LogP contribution in [-0.2, 0) is 11.3 Å². The van der Waals surface area contributed by atoms with Crippen LogP contribution >= 0.6 is 11.6 Å². The summed E-state index contributed by atoms with van der Waals surface area (Å²) in [7, 11) is 1.49. The molecular weight excluding hydrogens is 245 g/mol. The molecule has 17 heavy (non-hydrogen) atoms. The molecule has 0 saturated carbocycles. The maximum atomic E-state index is 13.8. The Hall–Kier alpha value is -1.59. The molecule has 90 valence electrons. The number of H-pyrrole nitrogens is 1. The number of ether oxygens (including phenoxy) is 1. The Morgan fingerprint density at radius 2 is 2.24 bits per heavy atom. The summed E-state index contributed by atoms with van der Waals surface area (Å²) in [5.41, 5.74) is 7.03. The molecule has 2 aromatic rings. The number of rotatable bonds is 3. The van der Waals surface area contributed by atoms with Crippen molar-refractivity contribution in [1.82, 2.24) is 10.2 Å². The van der Waals surface area contributed by atoms with Crippen LogP contribution in [-0.4, -0.2) is 17.3 Å². The van der Waals surface area contributed by atoms with E-state index < -0.39 is 5.82 Å². The van der Waals surface area contributed by atoms with Gasteiger partial charge in [0.2, 0.25) is 0 Å². The summed E-state index contributed by atoms with van der Waals surface area (Å²) >= 11 is 5.98. The highest BCUT2D eigenvalue weighted by Crippen LogP contribution is 2.28. The van der Waals surface area contributed by atoms with Gasteiger partial charge < -0.3 is 10.5 Å². The Labute approximate surface area is 103 Å². The first-order chi connectivity index (χ1) is 8.11. The summed E-state index contributed by atoms with van der Waals surface area (Å²) in [6.45, 7) is 0.135. The van der Waals surface area contributed by atoms with Crippen molar-refractivity contribution < 1.29 is 9.13 Å². The van der Waals surface area contributed by atoms with Crippen LogP contribution in [0.1, 0.15) is 5.56 Å². The molecule has 4 nitrogen and oxygen atoms in total. The lowest BCUT2D eigenvalue weighted by Gasteiger charge is -2.07. The molecule has 2 rings (SSSR count). The Morgan fingerprint density at radius 3 is 2.76 bits per heavy atom. The SMILES string of the molecule is COCc1c(F)cc(-c2cc(N)n[nH]2)cc1Cl. The molecule has 0 atom stereocenters. The van der Waals surface area contributed by atoms with E-state index in [0.29, 0.717) is 27.7 Å². The monoisotopic (exact) mass is 255 g/mol. The predicted molar refractivity (Wildman–Crippen MR) is 64.1 cm³/mol. The quantitative estimate of drug-likeness (QED) is 0.886. The first-order valence-electron chi connectivity index (χ1n) is 4.90. The predicted octanol–water partition coefficient (Wildman–Crippen LogP) is 2.60. The highest BCUT2D eigenvalue weighted by atomic mass is 35.5. The summed E-state index contributed by atoms with van der Waals surface area (Å²) in [5, 5.41) is 6.78. The van der Waals surface area contributed by atoms with E-state index in [0.717, 1.165) is 0 Å². The summed E-state index contributed by atoms with van der Waals surface area (Å²) in [6, 6.07) is 4.63. The Morgan fingerprint density at radius 1 is 1.47 bits per heavy atom. The van der Waals surface area contributed by atoms with Crippen LogP contribution in [0.4, 0.5) is 10.2 Å². The second-order valence-corrected chi connectivity index (χ2v) is 3.97. The van der Waals surface area contributed by atoms with Crippen molar-refractivity contribution >= 4 is 17.4 Å². The molecule has 0 spiro atoms. The second kappa shape index (κ2) is 4.73. The molecule has 0 amide bonds. The van der Waals surface area contributed by atoms with E-state index in [1.165, 1.54) is 13.2 Å².